The standard InChI is InChI=1S/C29H38N4O5SSi/c1-20(21-8-10-24-25(16-21)39-28(35)32(24)19-37-14-15-40(5,6)7)23-12-13-33(31-23)26-11-9-22(17-30-26)38-18-29(2,3)27(34)36-4/h8-13,16-17,20H,14-15,18-19H2,1-7H3/q-1. The summed E-state index contributed by atoms with van der Waals surface area (Å²) < 4.78 is 20.8. The Morgan fingerprint density at radius 1 is 1.15 bits per heavy atom. The highest BCUT2D eigenvalue weighted by molar-refractivity contribution is 7.16. The molecule has 1 aromatic carbocycles. The molecular formula is C29H38N4O5SSi-. The van der Waals surface area contributed by atoms with Crippen molar-refractivity contribution in [3.05, 3.63) is 69.7 Å². The van der Waals surface area contributed by atoms with Gasteiger partial charge in [-0.3, -0.25) is 14.2 Å². The summed E-state index contributed by atoms with van der Waals surface area (Å²) in [6.45, 7) is 13.7. The lowest BCUT2D eigenvalue weighted by molar-refractivity contribution is -0.152. The van der Waals surface area contributed by atoms with Gasteiger partial charge in [0.15, 0.2) is 5.82 Å². The van der Waals surface area contributed by atoms with Crippen LogP contribution >= 0.6 is 11.3 Å². The van der Waals surface area contributed by atoms with Gasteiger partial charge in [-0.2, -0.15) is 24.7 Å². The van der Waals surface area contributed by atoms with E-state index in [1.54, 1.807) is 35.4 Å². The summed E-state index contributed by atoms with van der Waals surface area (Å²) in [5.41, 5.74) is 2.10. The van der Waals surface area contributed by atoms with E-state index in [0.29, 0.717) is 18.2 Å². The highest BCUT2D eigenvalue weighted by Gasteiger charge is 2.29. The van der Waals surface area contributed by atoms with Crippen LogP contribution in [0.5, 0.6) is 5.75 Å². The minimum absolute atomic E-state index is 0.00977. The highest BCUT2D eigenvalue weighted by Crippen LogP contribution is 2.28. The van der Waals surface area contributed by atoms with Crippen LogP contribution in [0.15, 0.2) is 53.6 Å². The molecule has 4 rings (SSSR count). The number of ether oxygens (including phenoxy) is 3. The molecule has 0 saturated heterocycles. The number of pyridine rings is 1. The number of aromatic nitrogens is 4. The first kappa shape index (κ1) is 29.7. The van der Waals surface area contributed by atoms with Crippen LogP contribution in [-0.2, 0) is 21.0 Å². The fourth-order valence-corrected chi connectivity index (χ4v) is 5.75. The van der Waals surface area contributed by atoms with E-state index in [-0.39, 0.29) is 30.1 Å². The molecule has 0 aliphatic heterocycles. The summed E-state index contributed by atoms with van der Waals surface area (Å²) in [7, 11) is 0.188. The average molecular weight is 583 g/mol. The summed E-state index contributed by atoms with van der Waals surface area (Å²) in [6, 6.07) is 12.8. The van der Waals surface area contributed by atoms with Crippen molar-refractivity contribution in [1.29, 1.82) is 0 Å². The van der Waals surface area contributed by atoms with Crippen molar-refractivity contribution in [3.63, 3.8) is 0 Å². The van der Waals surface area contributed by atoms with Crippen LogP contribution in [0.1, 0.15) is 37.9 Å². The normalized spacial score (nSPS) is 13.0. The lowest BCUT2D eigenvalue weighted by atomic mass is 9.95. The number of carbonyl (C=O) groups is 1. The van der Waals surface area contributed by atoms with E-state index >= 15 is 0 Å². The molecule has 0 aliphatic carbocycles. The molecule has 0 saturated carbocycles. The Hall–Kier alpha value is -3.28. The molecule has 0 amide bonds. The van der Waals surface area contributed by atoms with E-state index in [2.05, 4.69) is 43.7 Å². The van der Waals surface area contributed by atoms with Gasteiger partial charge >= 0.3 is 10.8 Å². The van der Waals surface area contributed by atoms with Crippen molar-refractivity contribution in [3.8, 4) is 11.6 Å². The summed E-state index contributed by atoms with van der Waals surface area (Å²) in [4.78, 5) is 29.0. The molecule has 215 valence electrons. The molecule has 0 fully saturated rings. The number of fused-ring (bicyclic) bond motifs is 1. The third-order valence-corrected chi connectivity index (χ3v) is 9.40. The third-order valence-electron chi connectivity index (χ3n) is 6.76. The SMILES string of the molecule is COC(=O)C(C)(C)COc1ccc(-n2ccc(C(C)c3ccc4c(c3)sc(=O)n4COCC[Si-](C)(C)C)n2)nc1. The quantitative estimate of drug-likeness (QED) is 0.120. The monoisotopic (exact) mass is 582 g/mol. The first-order valence-corrected chi connectivity index (χ1v) is 17.8. The smallest absolute Gasteiger partial charge is 0.314 e. The summed E-state index contributed by atoms with van der Waals surface area (Å²) in [6.07, 6.45) is 3.49. The fourth-order valence-electron chi connectivity index (χ4n) is 4.07. The van der Waals surface area contributed by atoms with Gasteiger partial charge < -0.3 is 14.2 Å². The van der Waals surface area contributed by atoms with Crippen LogP contribution in [0.2, 0.25) is 25.7 Å². The molecule has 11 heteroatoms. The number of rotatable bonds is 12. The second kappa shape index (κ2) is 12.1. The number of nitrogens with zero attached hydrogens (tertiary/aromatic N) is 4. The van der Waals surface area contributed by atoms with Crippen LogP contribution in [-0.4, -0.2) is 53.7 Å². The van der Waals surface area contributed by atoms with Crippen LogP contribution in [0.4, 0.5) is 0 Å². The summed E-state index contributed by atoms with van der Waals surface area (Å²) in [5.74, 6) is 0.899. The zero-order valence-corrected chi connectivity index (χ0v) is 26.1. The lowest BCUT2D eigenvalue weighted by Gasteiger charge is -2.26. The number of hydrogen-bond acceptors (Lipinski definition) is 8. The maximum atomic E-state index is 12.7. The van der Waals surface area contributed by atoms with Crippen molar-refractivity contribution in [1.82, 2.24) is 19.3 Å². The molecule has 0 aliphatic rings. The van der Waals surface area contributed by atoms with E-state index in [1.165, 1.54) is 18.4 Å². The second-order valence-corrected chi connectivity index (χ2v) is 18.4. The summed E-state index contributed by atoms with van der Waals surface area (Å²) >= 11 is 1.24. The Labute approximate surface area is 239 Å². The van der Waals surface area contributed by atoms with Gasteiger partial charge in [0, 0.05) is 18.7 Å². The molecule has 0 bridgehead atoms. The van der Waals surface area contributed by atoms with Gasteiger partial charge in [0.2, 0.25) is 0 Å². The molecule has 0 radical (unpaired) electrons. The largest absolute Gasteiger partial charge is 0.491 e. The Morgan fingerprint density at radius 3 is 2.60 bits per heavy atom. The second-order valence-electron chi connectivity index (χ2n) is 11.8. The third kappa shape index (κ3) is 7.07. The maximum Gasteiger partial charge on any atom is 0.314 e. The molecule has 1 atom stereocenters. The van der Waals surface area contributed by atoms with Crippen molar-refractivity contribution >= 4 is 35.6 Å². The first-order chi connectivity index (χ1) is 18.9. The number of hydrogen-bond donors (Lipinski definition) is 0. The van der Waals surface area contributed by atoms with Gasteiger partial charge in [-0.05, 0) is 49.7 Å². The van der Waals surface area contributed by atoms with Gasteiger partial charge in [-0.25, -0.2) is 9.67 Å². The van der Waals surface area contributed by atoms with Crippen molar-refractivity contribution in [2.75, 3.05) is 20.3 Å². The summed E-state index contributed by atoms with van der Waals surface area (Å²) in [5, 5.41) is 4.75. The van der Waals surface area contributed by atoms with Crippen LogP contribution in [0.25, 0.3) is 16.0 Å². The topological polar surface area (TPSA) is 97.5 Å². The zero-order valence-electron chi connectivity index (χ0n) is 24.3. The predicted molar refractivity (Wildman–Crippen MR) is 160 cm³/mol. The van der Waals surface area contributed by atoms with Crippen molar-refractivity contribution < 1.29 is 19.0 Å². The van der Waals surface area contributed by atoms with E-state index in [1.807, 2.05) is 24.4 Å². The van der Waals surface area contributed by atoms with Gasteiger partial charge in [-0.15, -0.1) is 14.1 Å². The predicted octanol–water partition coefficient (Wildman–Crippen LogP) is 5.69. The molecule has 0 spiro atoms. The van der Waals surface area contributed by atoms with Gasteiger partial charge in [0.1, 0.15) is 19.1 Å². The lowest BCUT2D eigenvalue weighted by Crippen LogP contribution is -2.32. The highest BCUT2D eigenvalue weighted by atomic mass is 32.1. The minimum atomic E-state index is -1.18. The van der Waals surface area contributed by atoms with Crippen LogP contribution in [0, 0.1) is 5.41 Å². The molecule has 3 heterocycles. The Balaban J connectivity index is 1.42. The molecule has 3 aromatic heterocycles. The number of esters is 1. The van der Waals surface area contributed by atoms with E-state index in [9.17, 15) is 9.59 Å². The number of benzene rings is 1. The first-order valence-electron chi connectivity index (χ1n) is 13.3. The molecule has 9 nitrogen and oxygen atoms in total. The number of methoxy groups -OCH3 is 1. The Bertz CT molecular complexity index is 1520. The molecule has 40 heavy (non-hydrogen) atoms. The molecule has 0 N–H and O–H groups in total. The maximum absolute atomic E-state index is 12.7. The van der Waals surface area contributed by atoms with Gasteiger partial charge in [0.25, 0.3) is 0 Å². The average Bonchev–Trinajstić information content (AvgIpc) is 3.53. The molecular weight excluding hydrogens is 544 g/mol. The Kier molecular flexibility index (Phi) is 8.96. The van der Waals surface area contributed by atoms with Crippen molar-refractivity contribution in [2.24, 2.45) is 5.41 Å². The number of thiazole rings is 1. The van der Waals surface area contributed by atoms with Gasteiger partial charge in [0.05, 0.1) is 34.6 Å². The molecule has 4 aromatic rings. The Morgan fingerprint density at radius 2 is 1.93 bits per heavy atom. The van der Waals surface area contributed by atoms with Crippen molar-refractivity contribution in [2.45, 2.75) is 59.1 Å². The molecule has 1 unspecified atom stereocenters. The van der Waals surface area contributed by atoms with Crippen LogP contribution in [0.3, 0.4) is 0 Å². The van der Waals surface area contributed by atoms with Gasteiger partial charge in [-0.1, -0.05) is 24.3 Å². The minimum Gasteiger partial charge on any atom is -0.491 e. The van der Waals surface area contributed by atoms with Crippen LogP contribution < -0.4 is 9.61 Å². The fraction of sp³-hybridized carbons (Fsp3) is 0.448. The zero-order chi connectivity index (χ0) is 29.1. The van der Waals surface area contributed by atoms with E-state index in [4.69, 9.17) is 19.3 Å². The van der Waals surface area contributed by atoms with E-state index in [0.717, 1.165) is 27.5 Å². The number of carbonyl (C=O) groups excluding carboxylic acids is 1. The van der Waals surface area contributed by atoms with E-state index < -0.39 is 13.5 Å².